The molecule has 1 saturated heterocycles. The van der Waals surface area contributed by atoms with E-state index in [0.717, 1.165) is 31.5 Å². The number of nitrogens with zero attached hydrogens (tertiary/aromatic N) is 1. The zero-order valence-electron chi connectivity index (χ0n) is 12.0. The molecule has 1 aliphatic rings. The van der Waals surface area contributed by atoms with Gasteiger partial charge in [0.2, 0.25) is 0 Å². The second-order valence-corrected chi connectivity index (χ2v) is 4.99. The molecule has 3 nitrogen and oxygen atoms in total. The summed E-state index contributed by atoms with van der Waals surface area (Å²) in [5.74, 6) is 6.29. The quantitative estimate of drug-likeness (QED) is 0.624. The van der Waals surface area contributed by atoms with E-state index >= 15 is 0 Å². The second-order valence-electron chi connectivity index (χ2n) is 4.99. The van der Waals surface area contributed by atoms with E-state index in [1.54, 1.807) is 0 Å². The van der Waals surface area contributed by atoms with Crippen LogP contribution in [0.4, 0.5) is 0 Å². The van der Waals surface area contributed by atoms with Gasteiger partial charge in [-0.15, -0.1) is 0 Å². The van der Waals surface area contributed by atoms with Gasteiger partial charge >= 0.3 is 5.97 Å². The number of likely N-dealkylation sites (tertiary alicyclic amines) is 1. The predicted molar refractivity (Wildman–Crippen MR) is 79.1 cm³/mol. The fourth-order valence-electron chi connectivity index (χ4n) is 2.43. The van der Waals surface area contributed by atoms with Crippen LogP contribution < -0.4 is 0 Å². The first-order valence-corrected chi connectivity index (χ1v) is 7.22. The molecule has 0 spiro atoms. The standard InChI is InChI=1S/C17H21NO2/c1-2-20-17(19)16-11-7-13-18(14-16)12-6-10-15-8-4-3-5-9-15/h3-5,8-9,16H,2,7,11-14H2,1H3/t16-/m0/s1. The molecule has 3 heteroatoms. The molecule has 1 fully saturated rings. The Kier molecular flexibility index (Phi) is 5.64. The van der Waals surface area contributed by atoms with Crippen LogP contribution in [0.15, 0.2) is 30.3 Å². The zero-order chi connectivity index (χ0) is 14.2. The number of hydrogen-bond acceptors (Lipinski definition) is 3. The molecular weight excluding hydrogens is 250 g/mol. The summed E-state index contributed by atoms with van der Waals surface area (Å²) in [5.41, 5.74) is 1.03. The van der Waals surface area contributed by atoms with Crippen molar-refractivity contribution in [1.82, 2.24) is 4.90 Å². The zero-order valence-corrected chi connectivity index (χ0v) is 12.0. The van der Waals surface area contributed by atoms with E-state index in [-0.39, 0.29) is 11.9 Å². The number of hydrogen-bond donors (Lipinski definition) is 0. The molecule has 1 heterocycles. The van der Waals surface area contributed by atoms with Gasteiger partial charge in [-0.05, 0) is 38.4 Å². The Morgan fingerprint density at radius 2 is 2.20 bits per heavy atom. The number of benzene rings is 1. The molecule has 0 saturated carbocycles. The molecule has 0 unspecified atom stereocenters. The van der Waals surface area contributed by atoms with Gasteiger partial charge in [-0.1, -0.05) is 30.0 Å². The molecule has 106 valence electrons. The molecule has 1 atom stereocenters. The van der Waals surface area contributed by atoms with Crippen molar-refractivity contribution in [3.05, 3.63) is 35.9 Å². The van der Waals surface area contributed by atoms with Gasteiger partial charge in [0.25, 0.3) is 0 Å². The van der Waals surface area contributed by atoms with Crippen molar-refractivity contribution in [3.8, 4) is 11.8 Å². The topological polar surface area (TPSA) is 29.5 Å². The minimum absolute atomic E-state index is 0.0159. The maximum atomic E-state index is 11.8. The van der Waals surface area contributed by atoms with Crippen molar-refractivity contribution in [2.24, 2.45) is 5.92 Å². The molecule has 0 aromatic heterocycles. The molecule has 1 aromatic rings. The van der Waals surface area contributed by atoms with Gasteiger partial charge in [0, 0.05) is 12.1 Å². The molecule has 1 aliphatic heterocycles. The number of esters is 1. The minimum atomic E-state index is -0.0618. The second kappa shape index (κ2) is 7.72. The summed E-state index contributed by atoms with van der Waals surface area (Å²) < 4.78 is 5.10. The SMILES string of the molecule is CCOC(=O)[C@H]1CCCN(CC#Cc2ccccc2)C1. The van der Waals surface area contributed by atoms with Crippen LogP contribution in [-0.4, -0.2) is 37.1 Å². The fraction of sp³-hybridized carbons (Fsp3) is 0.471. The van der Waals surface area contributed by atoms with Crippen LogP contribution in [0.2, 0.25) is 0 Å². The van der Waals surface area contributed by atoms with Crippen LogP contribution in [0, 0.1) is 17.8 Å². The smallest absolute Gasteiger partial charge is 0.310 e. The highest BCUT2D eigenvalue weighted by molar-refractivity contribution is 5.72. The van der Waals surface area contributed by atoms with E-state index in [2.05, 4.69) is 16.7 Å². The van der Waals surface area contributed by atoms with E-state index in [4.69, 9.17) is 4.74 Å². The largest absolute Gasteiger partial charge is 0.466 e. The average molecular weight is 271 g/mol. The molecule has 1 aromatic carbocycles. The maximum absolute atomic E-state index is 11.8. The minimum Gasteiger partial charge on any atom is -0.466 e. The Hall–Kier alpha value is -1.79. The molecule has 0 N–H and O–H groups in total. The number of carbonyl (C=O) groups is 1. The van der Waals surface area contributed by atoms with Crippen LogP contribution in [-0.2, 0) is 9.53 Å². The predicted octanol–water partition coefficient (Wildman–Crippen LogP) is 2.31. The van der Waals surface area contributed by atoms with Crippen molar-refractivity contribution in [2.45, 2.75) is 19.8 Å². The van der Waals surface area contributed by atoms with Crippen LogP contribution in [0.1, 0.15) is 25.3 Å². The van der Waals surface area contributed by atoms with Crippen LogP contribution in [0.5, 0.6) is 0 Å². The number of ether oxygens (including phenoxy) is 1. The lowest BCUT2D eigenvalue weighted by atomic mass is 9.98. The van der Waals surface area contributed by atoms with E-state index in [1.165, 1.54) is 0 Å². The number of piperidine rings is 1. The highest BCUT2D eigenvalue weighted by Crippen LogP contribution is 2.17. The lowest BCUT2D eigenvalue weighted by molar-refractivity contribution is -0.149. The number of carbonyl (C=O) groups excluding carboxylic acids is 1. The first-order valence-electron chi connectivity index (χ1n) is 7.22. The highest BCUT2D eigenvalue weighted by Gasteiger charge is 2.26. The lowest BCUT2D eigenvalue weighted by Crippen LogP contribution is -2.39. The van der Waals surface area contributed by atoms with Crippen LogP contribution >= 0.6 is 0 Å². The van der Waals surface area contributed by atoms with Crippen LogP contribution in [0.25, 0.3) is 0 Å². The molecule has 0 aliphatic carbocycles. The molecule has 2 rings (SSSR count). The van der Waals surface area contributed by atoms with Gasteiger partial charge in [-0.3, -0.25) is 9.69 Å². The van der Waals surface area contributed by atoms with E-state index < -0.39 is 0 Å². The molecule has 0 bridgehead atoms. The van der Waals surface area contributed by atoms with Gasteiger partial charge in [-0.2, -0.15) is 0 Å². The van der Waals surface area contributed by atoms with Gasteiger partial charge in [-0.25, -0.2) is 0 Å². The third kappa shape index (κ3) is 4.40. The molecular formula is C17H21NO2. The normalized spacial score (nSPS) is 18.9. The van der Waals surface area contributed by atoms with Gasteiger partial charge in [0.1, 0.15) is 0 Å². The molecule has 0 radical (unpaired) electrons. The summed E-state index contributed by atoms with van der Waals surface area (Å²) >= 11 is 0. The van der Waals surface area contributed by atoms with Gasteiger partial charge in [0.05, 0.1) is 19.1 Å². The van der Waals surface area contributed by atoms with Crippen molar-refractivity contribution < 1.29 is 9.53 Å². The Balaban J connectivity index is 1.84. The van der Waals surface area contributed by atoms with Crippen molar-refractivity contribution in [3.63, 3.8) is 0 Å². The summed E-state index contributed by atoms with van der Waals surface area (Å²) in [5, 5.41) is 0. The first kappa shape index (κ1) is 14.6. The number of rotatable bonds is 3. The monoisotopic (exact) mass is 271 g/mol. The van der Waals surface area contributed by atoms with Gasteiger partial charge < -0.3 is 4.74 Å². The Bertz CT molecular complexity index is 487. The summed E-state index contributed by atoms with van der Waals surface area (Å²) in [6.45, 7) is 4.81. The van der Waals surface area contributed by atoms with E-state index in [1.807, 2.05) is 37.3 Å². The van der Waals surface area contributed by atoms with Gasteiger partial charge in [0.15, 0.2) is 0 Å². The van der Waals surface area contributed by atoms with Crippen molar-refractivity contribution in [2.75, 3.05) is 26.2 Å². The van der Waals surface area contributed by atoms with Crippen molar-refractivity contribution >= 4 is 5.97 Å². The summed E-state index contributed by atoms with van der Waals surface area (Å²) in [6, 6.07) is 9.97. The summed E-state index contributed by atoms with van der Waals surface area (Å²) in [6.07, 6.45) is 1.97. The van der Waals surface area contributed by atoms with E-state index in [0.29, 0.717) is 13.2 Å². The highest BCUT2D eigenvalue weighted by atomic mass is 16.5. The molecule has 0 amide bonds. The maximum Gasteiger partial charge on any atom is 0.310 e. The summed E-state index contributed by atoms with van der Waals surface area (Å²) in [7, 11) is 0. The molecule has 20 heavy (non-hydrogen) atoms. The van der Waals surface area contributed by atoms with Crippen molar-refractivity contribution in [1.29, 1.82) is 0 Å². The fourth-order valence-corrected chi connectivity index (χ4v) is 2.43. The third-order valence-electron chi connectivity index (χ3n) is 3.43. The summed E-state index contributed by atoms with van der Waals surface area (Å²) in [4.78, 5) is 14.0. The van der Waals surface area contributed by atoms with Crippen LogP contribution in [0.3, 0.4) is 0 Å². The Labute approximate surface area is 120 Å². The average Bonchev–Trinajstić information content (AvgIpc) is 2.49. The van der Waals surface area contributed by atoms with E-state index in [9.17, 15) is 4.79 Å². The third-order valence-corrected chi connectivity index (χ3v) is 3.43. The Morgan fingerprint density at radius 1 is 1.40 bits per heavy atom. The lowest BCUT2D eigenvalue weighted by Gasteiger charge is -2.29. The first-order chi connectivity index (χ1) is 9.79. The Morgan fingerprint density at radius 3 is 2.95 bits per heavy atom.